The van der Waals surface area contributed by atoms with Crippen LogP contribution in [0.25, 0.3) is 0 Å². The van der Waals surface area contributed by atoms with Crippen molar-refractivity contribution < 1.29 is 0 Å². The lowest BCUT2D eigenvalue weighted by Gasteiger charge is -2.20. The molecule has 0 aromatic heterocycles. The third-order valence-corrected chi connectivity index (χ3v) is 7.81. The summed E-state index contributed by atoms with van der Waals surface area (Å²) in [6.07, 6.45) is 0. The second-order valence-electron chi connectivity index (χ2n) is 6.05. The molecule has 0 atom stereocenters. The Morgan fingerprint density at radius 3 is 1.50 bits per heavy atom. The predicted octanol–water partition coefficient (Wildman–Crippen LogP) is 2.86. The average Bonchev–Trinajstić information content (AvgIpc) is 2.55. The van der Waals surface area contributed by atoms with Gasteiger partial charge in [0.1, 0.15) is 8.80 Å². The molecule has 0 bridgehead atoms. The summed E-state index contributed by atoms with van der Waals surface area (Å²) < 4.78 is 0. The van der Waals surface area contributed by atoms with Gasteiger partial charge in [-0.05, 0) is 37.1 Å². The van der Waals surface area contributed by atoms with Gasteiger partial charge in [0.05, 0.1) is 0 Å². The summed E-state index contributed by atoms with van der Waals surface area (Å²) in [5, 5.41) is 4.51. The topological polar surface area (TPSA) is 0 Å². The minimum Gasteiger partial charge on any atom is -0.0625 e. The monoisotopic (exact) mass is 302 g/mol. The maximum Gasteiger partial charge on any atom is 0.133 e. The third-order valence-electron chi connectivity index (χ3n) is 4.46. The largest absolute Gasteiger partial charge is 0.133 e. The molecule has 3 rings (SSSR count). The third kappa shape index (κ3) is 2.90. The quantitative estimate of drug-likeness (QED) is 0.515. The first-order chi connectivity index (χ1) is 10.7. The zero-order chi connectivity index (χ0) is 15.5. The lowest BCUT2D eigenvalue weighted by molar-refractivity contribution is 1.32. The lowest BCUT2D eigenvalue weighted by Crippen LogP contribution is -2.53. The molecule has 110 valence electrons. The second kappa shape index (κ2) is 6.33. The molecule has 0 unspecified atom stereocenters. The van der Waals surface area contributed by atoms with Crippen molar-refractivity contribution in [1.82, 2.24) is 0 Å². The zero-order valence-electron chi connectivity index (χ0n) is 13.5. The zero-order valence-corrected chi connectivity index (χ0v) is 14.7. The molecule has 0 N–H and O–H groups in total. The molecule has 0 saturated carbocycles. The van der Waals surface area contributed by atoms with Crippen molar-refractivity contribution in [1.29, 1.82) is 0 Å². The fraction of sp³-hybridized carbons (Fsp3) is 0.143. The van der Waals surface area contributed by atoms with Crippen LogP contribution in [-0.2, 0) is 0 Å². The van der Waals surface area contributed by atoms with E-state index in [2.05, 4.69) is 93.6 Å². The van der Waals surface area contributed by atoms with Gasteiger partial charge in [-0.15, -0.1) is 0 Å². The van der Waals surface area contributed by atoms with Gasteiger partial charge < -0.3 is 0 Å². The fourth-order valence-corrected chi connectivity index (χ4v) is 6.41. The van der Waals surface area contributed by atoms with Gasteiger partial charge in [-0.25, -0.2) is 0 Å². The van der Waals surface area contributed by atoms with Gasteiger partial charge in [0, 0.05) is 0 Å². The number of benzene rings is 3. The van der Waals surface area contributed by atoms with E-state index in [1.165, 1.54) is 27.1 Å². The SMILES string of the molecule is Cc1cc(C)c([SiH](c2ccccc2)c2ccccc2)cc1C. The van der Waals surface area contributed by atoms with E-state index in [9.17, 15) is 0 Å². The van der Waals surface area contributed by atoms with Crippen molar-refractivity contribution in [3.05, 3.63) is 89.5 Å². The Bertz CT molecular complexity index is 721. The standard InChI is InChI=1S/C21H22Si/c1-16-14-18(3)21(15-17(16)2)22(19-10-6-4-7-11-19)20-12-8-5-9-13-20/h4-15,22H,1-3H3. The maximum atomic E-state index is 2.42. The smallest absolute Gasteiger partial charge is 0.0625 e. The van der Waals surface area contributed by atoms with Gasteiger partial charge >= 0.3 is 0 Å². The van der Waals surface area contributed by atoms with Crippen molar-refractivity contribution in [3.8, 4) is 0 Å². The molecule has 0 aliphatic heterocycles. The molecule has 0 fully saturated rings. The molecule has 1 heteroatoms. The molecule has 0 aliphatic carbocycles. The first kappa shape index (κ1) is 14.8. The van der Waals surface area contributed by atoms with Crippen molar-refractivity contribution in [2.75, 3.05) is 0 Å². The average molecular weight is 302 g/mol. The highest BCUT2D eigenvalue weighted by Crippen LogP contribution is 2.09. The number of rotatable bonds is 3. The van der Waals surface area contributed by atoms with Gasteiger partial charge in [0.25, 0.3) is 0 Å². The van der Waals surface area contributed by atoms with Crippen LogP contribution in [-0.4, -0.2) is 8.80 Å². The summed E-state index contributed by atoms with van der Waals surface area (Å²) in [5.41, 5.74) is 4.20. The summed E-state index contributed by atoms with van der Waals surface area (Å²) >= 11 is 0. The van der Waals surface area contributed by atoms with Crippen LogP contribution in [0.5, 0.6) is 0 Å². The lowest BCUT2D eigenvalue weighted by atomic mass is 10.1. The van der Waals surface area contributed by atoms with Crippen LogP contribution in [0.3, 0.4) is 0 Å². The summed E-state index contributed by atoms with van der Waals surface area (Å²) in [4.78, 5) is 0. The molecule has 3 aromatic rings. The van der Waals surface area contributed by atoms with Crippen molar-refractivity contribution >= 4 is 24.4 Å². The van der Waals surface area contributed by atoms with Crippen LogP contribution in [0.1, 0.15) is 16.7 Å². The van der Waals surface area contributed by atoms with Crippen LogP contribution in [0, 0.1) is 20.8 Å². The van der Waals surface area contributed by atoms with Crippen LogP contribution in [0.2, 0.25) is 0 Å². The highest BCUT2D eigenvalue weighted by atomic mass is 28.3. The van der Waals surface area contributed by atoms with Crippen molar-refractivity contribution in [2.24, 2.45) is 0 Å². The minimum absolute atomic E-state index is 1.38. The van der Waals surface area contributed by atoms with E-state index in [1.54, 1.807) is 5.19 Å². The summed E-state index contributed by atoms with van der Waals surface area (Å²) in [6, 6.07) is 26.8. The predicted molar refractivity (Wildman–Crippen MR) is 99.6 cm³/mol. The highest BCUT2D eigenvalue weighted by Gasteiger charge is 2.20. The van der Waals surface area contributed by atoms with Crippen LogP contribution in [0.15, 0.2) is 72.8 Å². The van der Waals surface area contributed by atoms with E-state index in [0.717, 1.165) is 0 Å². The second-order valence-corrected chi connectivity index (χ2v) is 8.87. The Morgan fingerprint density at radius 2 is 1.00 bits per heavy atom. The Balaban J connectivity index is 2.21. The van der Waals surface area contributed by atoms with Gasteiger partial charge in [0.15, 0.2) is 0 Å². The maximum absolute atomic E-state index is 2.42. The molecule has 0 radical (unpaired) electrons. The van der Waals surface area contributed by atoms with E-state index < -0.39 is 8.80 Å². The fourth-order valence-electron chi connectivity index (χ4n) is 3.14. The van der Waals surface area contributed by atoms with E-state index >= 15 is 0 Å². The number of hydrogen-bond acceptors (Lipinski definition) is 0. The Morgan fingerprint density at radius 1 is 0.545 bits per heavy atom. The first-order valence-corrected chi connectivity index (χ1v) is 9.57. The van der Waals surface area contributed by atoms with Crippen LogP contribution in [0.4, 0.5) is 0 Å². The first-order valence-electron chi connectivity index (χ1n) is 7.84. The van der Waals surface area contributed by atoms with Gasteiger partial charge in [0.2, 0.25) is 0 Å². The van der Waals surface area contributed by atoms with E-state index in [4.69, 9.17) is 0 Å². The van der Waals surface area contributed by atoms with Gasteiger partial charge in [-0.1, -0.05) is 88.7 Å². The van der Waals surface area contributed by atoms with Gasteiger partial charge in [-0.3, -0.25) is 0 Å². The molecule has 0 nitrogen and oxygen atoms in total. The molecule has 0 amide bonds. The summed E-state index contributed by atoms with van der Waals surface area (Å²) in [6.45, 7) is 6.68. The molecular formula is C21H22Si. The van der Waals surface area contributed by atoms with E-state index in [-0.39, 0.29) is 0 Å². The molecular weight excluding hydrogens is 280 g/mol. The number of aryl methyl sites for hydroxylation is 3. The summed E-state index contributed by atoms with van der Waals surface area (Å²) in [7, 11) is -1.40. The Kier molecular flexibility index (Phi) is 4.26. The molecule has 0 heterocycles. The van der Waals surface area contributed by atoms with Crippen molar-refractivity contribution in [2.45, 2.75) is 20.8 Å². The molecule has 0 spiro atoms. The minimum atomic E-state index is -1.40. The Labute approximate surface area is 135 Å². The molecule has 0 saturated heterocycles. The van der Waals surface area contributed by atoms with Gasteiger partial charge in [-0.2, -0.15) is 0 Å². The van der Waals surface area contributed by atoms with E-state index in [1.807, 2.05) is 0 Å². The normalized spacial score (nSPS) is 10.9. The van der Waals surface area contributed by atoms with Crippen LogP contribution >= 0.6 is 0 Å². The highest BCUT2D eigenvalue weighted by molar-refractivity contribution is 6.95. The van der Waals surface area contributed by atoms with Crippen molar-refractivity contribution in [3.63, 3.8) is 0 Å². The summed E-state index contributed by atoms with van der Waals surface area (Å²) in [5.74, 6) is 0. The van der Waals surface area contributed by atoms with E-state index in [0.29, 0.717) is 0 Å². The molecule has 0 aliphatic rings. The molecule has 22 heavy (non-hydrogen) atoms. The number of hydrogen-bond donors (Lipinski definition) is 0. The van der Waals surface area contributed by atoms with Crippen LogP contribution < -0.4 is 15.6 Å². The molecule has 3 aromatic carbocycles. The Hall–Kier alpha value is -2.12.